The molecule has 0 aliphatic heterocycles. The van der Waals surface area contributed by atoms with Crippen molar-refractivity contribution in [2.75, 3.05) is 0 Å². The summed E-state index contributed by atoms with van der Waals surface area (Å²) in [6.45, 7) is 0.742. The van der Waals surface area contributed by atoms with Crippen LogP contribution in [0.1, 0.15) is 12.6 Å². The van der Waals surface area contributed by atoms with E-state index in [0.717, 1.165) is 19.1 Å². The summed E-state index contributed by atoms with van der Waals surface area (Å²) in [6.07, 6.45) is -6.79. The minimum absolute atomic E-state index is 0.540. The first-order chi connectivity index (χ1) is 9.16. The molecule has 1 heterocycles. The highest BCUT2D eigenvalue weighted by Crippen LogP contribution is 2.26. The van der Waals surface area contributed by atoms with Crippen LogP contribution in [0, 0.1) is 10.1 Å². The fraction of sp³-hybridized carbons (Fsp3) is 0.333. The molecule has 8 nitrogen and oxygen atoms in total. The summed E-state index contributed by atoms with van der Waals surface area (Å²) in [7, 11) is 0. The molecule has 20 heavy (non-hydrogen) atoms. The van der Waals surface area contributed by atoms with Crippen molar-refractivity contribution < 1.29 is 28.0 Å². The minimum Gasteiger partial charge on any atom is -0.465 e. The molecule has 0 aliphatic carbocycles. The van der Waals surface area contributed by atoms with Gasteiger partial charge in [0.05, 0.1) is 4.92 Å². The van der Waals surface area contributed by atoms with E-state index in [0.29, 0.717) is 0 Å². The predicted octanol–water partition coefficient (Wildman–Crippen LogP) is 1.41. The van der Waals surface area contributed by atoms with Gasteiger partial charge in [0.1, 0.15) is 0 Å². The Morgan fingerprint density at radius 3 is 2.65 bits per heavy atom. The molecule has 3 N–H and O–H groups in total. The summed E-state index contributed by atoms with van der Waals surface area (Å²) in [5.74, 6) is -1.26. The third-order valence-corrected chi connectivity index (χ3v) is 2.15. The van der Waals surface area contributed by atoms with E-state index in [1.54, 1.807) is 0 Å². The lowest BCUT2D eigenvalue weighted by Crippen LogP contribution is -2.31. The number of rotatable bonds is 4. The zero-order valence-corrected chi connectivity index (χ0v) is 9.96. The van der Waals surface area contributed by atoms with E-state index in [1.165, 1.54) is 0 Å². The normalized spacial score (nSPS) is 13.9. The van der Waals surface area contributed by atoms with Gasteiger partial charge in [-0.15, -0.1) is 0 Å². The molecule has 1 aromatic heterocycles. The zero-order chi connectivity index (χ0) is 15.5. The summed E-state index contributed by atoms with van der Waals surface area (Å²) in [4.78, 5) is 13.2. The molecular formula is C9H9F3N4O4. The highest BCUT2D eigenvalue weighted by atomic mass is 19.4. The summed E-state index contributed by atoms with van der Waals surface area (Å²) in [5.41, 5.74) is 3.95. The van der Waals surface area contributed by atoms with Gasteiger partial charge in [0.15, 0.2) is 17.6 Å². The molecular weight excluding hydrogens is 285 g/mol. The van der Waals surface area contributed by atoms with E-state index in [4.69, 9.17) is 10.9 Å². The molecule has 0 radical (unpaired) electrons. The van der Waals surface area contributed by atoms with Gasteiger partial charge in [-0.25, -0.2) is 4.98 Å². The lowest BCUT2D eigenvalue weighted by molar-refractivity contribution is -0.385. The maximum Gasteiger partial charge on any atom is 0.425 e. The standard InChI is InChI=1S/C9H9F3N4O4/c1-4(9(10,11)12)20-6-3-2-5(16(18)19)7(14-6)8(13)15-17/h2-4,17H,1H3,(H2,13,15). The van der Waals surface area contributed by atoms with Crippen LogP contribution in [0.5, 0.6) is 5.88 Å². The van der Waals surface area contributed by atoms with Crippen molar-refractivity contribution in [1.29, 1.82) is 0 Å². The van der Waals surface area contributed by atoms with Gasteiger partial charge < -0.3 is 15.7 Å². The zero-order valence-electron chi connectivity index (χ0n) is 9.96. The van der Waals surface area contributed by atoms with E-state index in [9.17, 15) is 23.3 Å². The Morgan fingerprint density at radius 1 is 1.60 bits per heavy atom. The third kappa shape index (κ3) is 3.46. The first-order valence-electron chi connectivity index (χ1n) is 5.03. The van der Waals surface area contributed by atoms with Gasteiger partial charge in [0.25, 0.3) is 5.69 Å². The van der Waals surface area contributed by atoms with E-state index in [-0.39, 0.29) is 0 Å². The van der Waals surface area contributed by atoms with Gasteiger partial charge in [0, 0.05) is 12.1 Å². The van der Waals surface area contributed by atoms with Crippen molar-refractivity contribution in [3.05, 3.63) is 27.9 Å². The number of halogens is 3. The smallest absolute Gasteiger partial charge is 0.425 e. The Kier molecular flexibility index (Phi) is 4.32. The Labute approximate surface area is 109 Å². The van der Waals surface area contributed by atoms with Crippen LogP contribution >= 0.6 is 0 Å². The summed E-state index contributed by atoms with van der Waals surface area (Å²) >= 11 is 0. The van der Waals surface area contributed by atoms with Gasteiger partial charge in [0.2, 0.25) is 5.88 Å². The maximum atomic E-state index is 12.3. The van der Waals surface area contributed by atoms with Crippen LogP contribution < -0.4 is 10.5 Å². The summed E-state index contributed by atoms with van der Waals surface area (Å²) < 4.78 is 41.5. The molecule has 0 saturated heterocycles. The van der Waals surface area contributed by atoms with Crippen LogP contribution in [-0.2, 0) is 0 Å². The molecule has 1 aromatic rings. The van der Waals surface area contributed by atoms with Gasteiger partial charge in [-0.2, -0.15) is 13.2 Å². The van der Waals surface area contributed by atoms with Crippen LogP contribution in [0.4, 0.5) is 18.9 Å². The molecule has 0 saturated carbocycles. The number of hydrogen-bond acceptors (Lipinski definition) is 6. The maximum absolute atomic E-state index is 12.3. The number of hydrogen-bond donors (Lipinski definition) is 2. The van der Waals surface area contributed by atoms with Gasteiger partial charge in [-0.05, 0) is 6.92 Å². The average molecular weight is 294 g/mol. The Hall–Kier alpha value is -2.59. The monoisotopic (exact) mass is 294 g/mol. The summed E-state index contributed by atoms with van der Waals surface area (Å²) in [6, 6.07) is 1.73. The van der Waals surface area contributed by atoms with Crippen LogP contribution in [0.25, 0.3) is 0 Å². The second-order valence-electron chi connectivity index (χ2n) is 3.56. The highest BCUT2D eigenvalue weighted by molar-refractivity contribution is 5.98. The van der Waals surface area contributed by atoms with Crippen LogP contribution in [0.15, 0.2) is 17.3 Å². The quantitative estimate of drug-likeness (QED) is 0.284. The van der Waals surface area contributed by atoms with E-state index in [2.05, 4.69) is 14.9 Å². The number of alkyl halides is 3. The average Bonchev–Trinajstić information content (AvgIpc) is 2.36. The van der Waals surface area contributed by atoms with Crippen molar-refractivity contribution in [3.63, 3.8) is 0 Å². The molecule has 1 rings (SSSR count). The number of nitrogens with zero attached hydrogens (tertiary/aromatic N) is 3. The van der Waals surface area contributed by atoms with Crippen LogP contribution in [0.2, 0.25) is 0 Å². The van der Waals surface area contributed by atoms with Crippen LogP contribution in [0.3, 0.4) is 0 Å². The van der Waals surface area contributed by atoms with Crippen molar-refractivity contribution in [3.8, 4) is 5.88 Å². The Balaban J connectivity index is 3.17. The van der Waals surface area contributed by atoms with E-state index < -0.39 is 40.3 Å². The van der Waals surface area contributed by atoms with E-state index in [1.807, 2.05) is 0 Å². The van der Waals surface area contributed by atoms with Gasteiger partial charge in [-0.3, -0.25) is 10.1 Å². The topological polar surface area (TPSA) is 124 Å². The number of ether oxygens (including phenoxy) is 1. The molecule has 11 heteroatoms. The number of amidine groups is 1. The Morgan fingerprint density at radius 2 is 2.20 bits per heavy atom. The number of nitrogens with two attached hydrogens (primary N) is 1. The molecule has 0 bridgehead atoms. The molecule has 0 fully saturated rings. The molecule has 0 spiro atoms. The highest BCUT2D eigenvalue weighted by Gasteiger charge is 2.38. The summed E-state index contributed by atoms with van der Waals surface area (Å²) in [5, 5.41) is 21.7. The SMILES string of the molecule is CC(Oc1ccc([N+](=O)[O-])c(/C(N)=N/O)n1)C(F)(F)F. The molecule has 1 unspecified atom stereocenters. The molecule has 1 atom stereocenters. The molecule has 0 amide bonds. The van der Waals surface area contributed by atoms with E-state index >= 15 is 0 Å². The second-order valence-corrected chi connectivity index (χ2v) is 3.56. The number of oxime groups is 1. The molecule has 0 aliphatic rings. The number of pyridine rings is 1. The fourth-order valence-corrected chi connectivity index (χ4v) is 1.13. The lowest BCUT2D eigenvalue weighted by atomic mass is 10.3. The largest absolute Gasteiger partial charge is 0.465 e. The third-order valence-electron chi connectivity index (χ3n) is 2.15. The van der Waals surface area contributed by atoms with Gasteiger partial charge >= 0.3 is 6.18 Å². The van der Waals surface area contributed by atoms with Crippen molar-refractivity contribution in [2.24, 2.45) is 10.9 Å². The first-order valence-corrected chi connectivity index (χ1v) is 5.03. The lowest BCUT2D eigenvalue weighted by Gasteiger charge is -2.17. The fourth-order valence-electron chi connectivity index (χ4n) is 1.13. The first kappa shape index (κ1) is 15.5. The van der Waals surface area contributed by atoms with Gasteiger partial charge in [-0.1, -0.05) is 5.16 Å². The minimum atomic E-state index is -4.62. The molecule has 110 valence electrons. The van der Waals surface area contributed by atoms with Crippen molar-refractivity contribution >= 4 is 11.5 Å². The predicted molar refractivity (Wildman–Crippen MR) is 59.5 cm³/mol. The molecule has 0 aromatic carbocycles. The van der Waals surface area contributed by atoms with Crippen molar-refractivity contribution in [2.45, 2.75) is 19.2 Å². The van der Waals surface area contributed by atoms with Crippen LogP contribution in [-0.4, -0.2) is 33.2 Å². The number of nitro groups is 1. The van der Waals surface area contributed by atoms with Crippen molar-refractivity contribution in [1.82, 2.24) is 4.98 Å². The Bertz CT molecular complexity index is 546. The second kappa shape index (κ2) is 5.59. The number of aromatic nitrogens is 1.